The van der Waals surface area contributed by atoms with E-state index in [9.17, 15) is 4.79 Å². The van der Waals surface area contributed by atoms with Gasteiger partial charge < -0.3 is 4.74 Å². The zero-order valence-corrected chi connectivity index (χ0v) is 8.78. The minimum Gasteiger partial charge on any atom is -0.407 e. The third kappa shape index (κ3) is 2.25. The first-order valence-electron chi connectivity index (χ1n) is 4.40. The maximum atomic E-state index is 11.2. The van der Waals surface area contributed by atoms with Crippen molar-refractivity contribution in [3.63, 3.8) is 0 Å². The van der Waals surface area contributed by atoms with Crippen LogP contribution in [0.25, 0.3) is 6.08 Å². The minimum atomic E-state index is -0.414. The number of hydrogen-bond donors (Lipinski definition) is 0. The Morgan fingerprint density at radius 2 is 2.00 bits per heavy atom. The fourth-order valence-corrected chi connectivity index (χ4v) is 1.36. The lowest BCUT2D eigenvalue weighted by Crippen LogP contribution is -1.99. The van der Waals surface area contributed by atoms with E-state index in [1.54, 1.807) is 25.1 Å². The van der Waals surface area contributed by atoms with Crippen molar-refractivity contribution in [1.82, 2.24) is 0 Å². The SMILES string of the molecule is CC1=N/C(=C\c2ccc(Cl)cc2)C(=O)O1. The average molecular weight is 222 g/mol. The van der Waals surface area contributed by atoms with E-state index >= 15 is 0 Å². The van der Waals surface area contributed by atoms with Gasteiger partial charge in [-0.05, 0) is 23.8 Å². The Kier molecular flexibility index (Phi) is 2.56. The van der Waals surface area contributed by atoms with Crippen LogP contribution in [0.15, 0.2) is 35.0 Å². The molecule has 0 N–H and O–H groups in total. The van der Waals surface area contributed by atoms with E-state index in [1.807, 2.05) is 12.1 Å². The van der Waals surface area contributed by atoms with Gasteiger partial charge in [-0.2, -0.15) is 0 Å². The van der Waals surface area contributed by atoms with Crippen molar-refractivity contribution in [3.8, 4) is 0 Å². The number of benzene rings is 1. The Hall–Kier alpha value is -1.61. The van der Waals surface area contributed by atoms with Gasteiger partial charge in [0.25, 0.3) is 0 Å². The van der Waals surface area contributed by atoms with Gasteiger partial charge in [0.2, 0.25) is 0 Å². The lowest BCUT2D eigenvalue weighted by Gasteiger charge is -1.94. The second kappa shape index (κ2) is 3.87. The first-order chi connectivity index (χ1) is 7.15. The molecule has 0 fully saturated rings. The molecule has 0 amide bonds. The zero-order valence-electron chi connectivity index (χ0n) is 8.03. The number of carbonyl (C=O) groups excluding carboxylic acids is 1. The highest BCUT2D eigenvalue weighted by atomic mass is 35.5. The Morgan fingerprint density at radius 1 is 1.33 bits per heavy atom. The highest BCUT2D eigenvalue weighted by Crippen LogP contribution is 2.16. The largest absolute Gasteiger partial charge is 0.407 e. The van der Waals surface area contributed by atoms with Crippen molar-refractivity contribution in [2.45, 2.75) is 6.92 Å². The molecule has 2 rings (SSSR count). The monoisotopic (exact) mass is 221 g/mol. The topological polar surface area (TPSA) is 38.7 Å². The van der Waals surface area contributed by atoms with Crippen LogP contribution in [0.2, 0.25) is 5.02 Å². The van der Waals surface area contributed by atoms with Gasteiger partial charge in [-0.25, -0.2) is 9.79 Å². The van der Waals surface area contributed by atoms with Gasteiger partial charge >= 0.3 is 5.97 Å². The lowest BCUT2D eigenvalue weighted by atomic mass is 10.2. The normalized spacial score (nSPS) is 17.9. The first kappa shape index (κ1) is 9.93. The molecule has 0 atom stereocenters. The molecule has 0 saturated heterocycles. The number of carbonyl (C=O) groups is 1. The van der Waals surface area contributed by atoms with Gasteiger partial charge in [0.1, 0.15) is 0 Å². The molecule has 0 saturated carbocycles. The van der Waals surface area contributed by atoms with Gasteiger partial charge in [-0.15, -0.1) is 0 Å². The Labute approximate surface area is 92.0 Å². The summed E-state index contributed by atoms with van der Waals surface area (Å²) in [4.78, 5) is 15.2. The van der Waals surface area contributed by atoms with Crippen molar-refractivity contribution in [3.05, 3.63) is 40.5 Å². The van der Waals surface area contributed by atoms with Crippen LogP contribution < -0.4 is 0 Å². The molecule has 0 spiro atoms. The van der Waals surface area contributed by atoms with Crippen molar-refractivity contribution < 1.29 is 9.53 Å². The van der Waals surface area contributed by atoms with Gasteiger partial charge in [0, 0.05) is 11.9 Å². The van der Waals surface area contributed by atoms with Gasteiger partial charge in [0.15, 0.2) is 11.6 Å². The molecule has 0 aliphatic carbocycles. The summed E-state index contributed by atoms with van der Waals surface area (Å²) in [6, 6.07) is 7.13. The quantitative estimate of drug-likeness (QED) is 0.540. The van der Waals surface area contributed by atoms with E-state index in [1.165, 1.54) is 0 Å². The molecule has 76 valence electrons. The molecule has 15 heavy (non-hydrogen) atoms. The molecule has 1 aromatic rings. The fourth-order valence-electron chi connectivity index (χ4n) is 1.23. The number of aliphatic imine (C=N–C) groups is 1. The maximum absolute atomic E-state index is 11.2. The van der Waals surface area contributed by atoms with Crippen LogP contribution in [0.4, 0.5) is 0 Å². The molecule has 0 unspecified atom stereocenters. The number of hydrogen-bond acceptors (Lipinski definition) is 3. The number of cyclic esters (lactones) is 1. The Morgan fingerprint density at radius 3 is 2.53 bits per heavy atom. The van der Waals surface area contributed by atoms with Crippen LogP contribution in [-0.2, 0) is 9.53 Å². The van der Waals surface area contributed by atoms with Crippen LogP contribution in [0.1, 0.15) is 12.5 Å². The Balaban J connectivity index is 2.31. The number of halogens is 1. The van der Waals surface area contributed by atoms with Crippen LogP contribution in [0, 0.1) is 0 Å². The third-order valence-electron chi connectivity index (χ3n) is 1.90. The summed E-state index contributed by atoms with van der Waals surface area (Å²) < 4.78 is 4.79. The summed E-state index contributed by atoms with van der Waals surface area (Å²) in [6.07, 6.45) is 1.66. The molecule has 1 heterocycles. The smallest absolute Gasteiger partial charge is 0.363 e. The molecular weight excluding hydrogens is 214 g/mol. The average Bonchev–Trinajstić information content (AvgIpc) is 2.49. The van der Waals surface area contributed by atoms with E-state index in [4.69, 9.17) is 16.3 Å². The van der Waals surface area contributed by atoms with E-state index in [2.05, 4.69) is 4.99 Å². The second-order valence-corrected chi connectivity index (χ2v) is 3.54. The minimum absolute atomic E-state index is 0.315. The van der Waals surface area contributed by atoms with Crippen LogP contribution in [0.5, 0.6) is 0 Å². The molecule has 1 aliphatic rings. The summed E-state index contributed by atoms with van der Waals surface area (Å²) in [5, 5.41) is 0.658. The Bertz CT molecular complexity index is 460. The number of rotatable bonds is 1. The first-order valence-corrected chi connectivity index (χ1v) is 4.78. The molecule has 0 bridgehead atoms. The predicted octanol–water partition coefficient (Wildman–Crippen LogP) is 2.66. The molecule has 1 aromatic carbocycles. The van der Waals surface area contributed by atoms with Crippen LogP contribution in [-0.4, -0.2) is 11.9 Å². The van der Waals surface area contributed by atoms with E-state index < -0.39 is 5.97 Å². The van der Waals surface area contributed by atoms with Gasteiger partial charge in [-0.3, -0.25) is 0 Å². The molecular formula is C11H8ClNO2. The number of esters is 1. The molecule has 4 heteroatoms. The molecule has 0 radical (unpaired) electrons. The van der Waals surface area contributed by atoms with Crippen LogP contribution in [0.3, 0.4) is 0 Å². The van der Waals surface area contributed by atoms with Crippen molar-refractivity contribution in [2.75, 3.05) is 0 Å². The van der Waals surface area contributed by atoms with Crippen molar-refractivity contribution in [2.24, 2.45) is 4.99 Å². The predicted molar refractivity (Wildman–Crippen MR) is 58.6 cm³/mol. The highest BCUT2D eigenvalue weighted by molar-refractivity contribution is 6.30. The molecule has 1 aliphatic heterocycles. The van der Waals surface area contributed by atoms with Gasteiger partial charge in [-0.1, -0.05) is 23.7 Å². The molecule has 0 aromatic heterocycles. The summed E-state index contributed by atoms with van der Waals surface area (Å²) >= 11 is 5.74. The molecule has 3 nitrogen and oxygen atoms in total. The van der Waals surface area contributed by atoms with Crippen molar-refractivity contribution >= 4 is 29.5 Å². The standard InChI is InChI=1S/C11H8ClNO2/c1-7-13-10(11(14)15-7)6-8-2-4-9(12)5-3-8/h2-6H,1H3/b10-6-. The third-order valence-corrected chi connectivity index (χ3v) is 2.15. The summed E-state index contributed by atoms with van der Waals surface area (Å²) in [7, 11) is 0. The summed E-state index contributed by atoms with van der Waals surface area (Å²) in [5.74, 6) is -0.0392. The maximum Gasteiger partial charge on any atom is 0.363 e. The highest BCUT2D eigenvalue weighted by Gasteiger charge is 2.19. The van der Waals surface area contributed by atoms with Crippen LogP contribution >= 0.6 is 11.6 Å². The summed E-state index contributed by atoms with van der Waals surface area (Å²) in [5.41, 5.74) is 1.18. The number of nitrogens with zero attached hydrogens (tertiary/aromatic N) is 1. The zero-order chi connectivity index (χ0) is 10.8. The lowest BCUT2D eigenvalue weighted by molar-refractivity contribution is -0.130. The van der Waals surface area contributed by atoms with Gasteiger partial charge in [0.05, 0.1) is 0 Å². The number of ether oxygens (including phenoxy) is 1. The van der Waals surface area contributed by atoms with E-state index in [0.717, 1.165) is 5.56 Å². The van der Waals surface area contributed by atoms with E-state index in [0.29, 0.717) is 16.6 Å². The van der Waals surface area contributed by atoms with E-state index in [-0.39, 0.29) is 0 Å². The second-order valence-electron chi connectivity index (χ2n) is 3.10. The summed E-state index contributed by atoms with van der Waals surface area (Å²) in [6.45, 7) is 1.64. The fraction of sp³-hybridized carbons (Fsp3) is 0.0909. The van der Waals surface area contributed by atoms with Crippen molar-refractivity contribution in [1.29, 1.82) is 0 Å².